The van der Waals surface area contributed by atoms with Crippen LogP contribution in [0.15, 0.2) is 0 Å². The lowest BCUT2D eigenvalue weighted by atomic mass is 9.65. The average Bonchev–Trinajstić information content (AvgIpc) is 2.00. The summed E-state index contributed by atoms with van der Waals surface area (Å²) in [7, 11) is 0. The van der Waals surface area contributed by atoms with Gasteiger partial charge in [0.1, 0.15) is 0 Å². The van der Waals surface area contributed by atoms with Gasteiger partial charge in [-0.25, -0.2) is 0 Å². The molecular formula is C11H20O3. The summed E-state index contributed by atoms with van der Waals surface area (Å²) >= 11 is 0. The van der Waals surface area contributed by atoms with Gasteiger partial charge in [0.15, 0.2) is 0 Å². The van der Waals surface area contributed by atoms with E-state index in [1.54, 1.807) is 0 Å². The summed E-state index contributed by atoms with van der Waals surface area (Å²) in [5.41, 5.74) is -0.489. The van der Waals surface area contributed by atoms with E-state index >= 15 is 0 Å². The second-order valence-electron chi connectivity index (χ2n) is 5.25. The largest absolute Gasteiger partial charge is 0.396 e. The topological polar surface area (TPSA) is 49.7 Å². The molecule has 2 aliphatic heterocycles. The van der Waals surface area contributed by atoms with Crippen molar-refractivity contribution in [1.82, 2.24) is 0 Å². The Balaban J connectivity index is 2.21. The highest BCUT2D eigenvalue weighted by molar-refractivity contribution is 5.04. The molecule has 82 valence electrons. The minimum absolute atomic E-state index is 0.135. The van der Waals surface area contributed by atoms with Crippen molar-refractivity contribution in [2.24, 2.45) is 5.92 Å². The van der Waals surface area contributed by atoms with Gasteiger partial charge in [-0.2, -0.15) is 0 Å². The number of fused-ring (bicyclic) bond motifs is 3. The van der Waals surface area contributed by atoms with Crippen LogP contribution < -0.4 is 0 Å². The molecule has 4 atom stereocenters. The Bertz CT molecular complexity index is 231. The Labute approximate surface area is 85.1 Å². The normalized spacial score (nSPS) is 52.3. The fourth-order valence-electron chi connectivity index (χ4n) is 3.24. The van der Waals surface area contributed by atoms with Crippen molar-refractivity contribution in [2.75, 3.05) is 6.61 Å². The smallest absolute Gasteiger partial charge is 0.0736 e. The molecule has 3 heteroatoms. The molecule has 14 heavy (non-hydrogen) atoms. The van der Waals surface area contributed by atoms with E-state index in [1.165, 1.54) is 0 Å². The molecule has 0 aromatic carbocycles. The fraction of sp³-hybridized carbons (Fsp3) is 1.00. The third-order valence-electron chi connectivity index (χ3n) is 3.96. The minimum Gasteiger partial charge on any atom is -0.396 e. The third kappa shape index (κ3) is 1.47. The van der Waals surface area contributed by atoms with E-state index < -0.39 is 0 Å². The quantitative estimate of drug-likeness (QED) is 0.701. The van der Waals surface area contributed by atoms with E-state index in [0.29, 0.717) is 6.42 Å². The first-order valence-corrected chi connectivity index (χ1v) is 5.48. The molecule has 0 radical (unpaired) electrons. The molecule has 0 amide bonds. The monoisotopic (exact) mass is 200 g/mol. The molecule has 2 N–H and O–H groups in total. The van der Waals surface area contributed by atoms with Crippen molar-refractivity contribution in [3.05, 3.63) is 0 Å². The second kappa shape index (κ2) is 3.19. The Hall–Kier alpha value is -0.120. The molecule has 3 fully saturated rings. The van der Waals surface area contributed by atoms with Gasteiger partial charge in [-0.3, -0.25) is 0 Å². The maximum Gasteiger partial charge on any atom is 0.0736 e. The molecule has 0 aromatic rings. The highest BCUT2D eigenvalue weighted by atomic mass is 16.5. The van der Waals surface area contributed by atoms with Crippen LogP contribution in [0.1, 0.15) is 39.5 Å². The summed E-state index contributed by atoms with van der Waals surface area (Å²) in [6.45, 7) is 4.23. The van der Waals surface area contributed by atoms with Gasteiger partial charge in [-0.05, 0) is 33.1 Å². The van der Waals surface area contributed by atoms with Crippen LogP contribution >= 0.6 is 0 Å². The first-order valence-electron chi connectivity index (χ1n) is 5.48. The molecule has 2 bridgehead atoms. The Kier molecular flexibility index (Phi) is 2.37. The summed E-state index contributed by atoms with van der Waals surface area (Å²) < 4.78 is 6.05. The number of hydrogen-bond donors (Lipinski definition) is 2. The zero-order chi connectivity index (χ0) is 10.4. The molecule has 2 saturated heterocycles. The molecule has 3 rings (SSSR count). The van der Waals surface area contributed by atoms with Crippen LogP contribution in [0.25, 0.3) is 0 Å². The van der Waals surface area contributed by atoms with Gasteiger partial charge in [0.25, 0.3) is 0 Å². The van der Waals surface area contributed by atoms with Crippen molar-refractivity contribution >= 4 is 0 Å². The summed E-state index contributed by atoms with van der Waals surface area (Å²) in [5, 5.41) is 19.0. The predicted molar refractivity (Wildman–Crippen MR) is 52.9 cm³/mol. The summed E-state index contributed by atoms with van der Waals surface area (Å²) in [6, 6.07) is 0. The molecule has 1 aliphatic carbocycles. The second-order valence-corrected chi connectivity index (χ2v) is 5.25. The number of aliphatic hydroxyl groups is 2. The van der Waals surface area contributed by atoms with Gasteiger partial charge in [-0.1, -0.05) is 0 Å². The number of ether oxygens (including phenoxy) is 1. The van der Waals surface area contributed by atoms with Crippen LogP contribution in [0.3, 0.4) is 0 Å². The standard InChI is InChI=1S/C11H20O3/c1-10-4-3-8(9(13)7-10)11(2,14-10)5-6-12/h8-9,12-13H,3-7H2,1-2H3. The number of rotatable bonds is 2. The van der Waals surface area contributed by atoms with E-state index in [1.807, 2.05) is 6.92 Å². The SMILES string of the molecule is CC12CCC(C(O)C1)C(C)(CCO)O2. The molecule has 4 unspecified atom stereocenters. The molecule has 3 nitrogen and oxygen atoms in total. The average molecular weight is 200 g/mol. The summed E-state index contributed by atoms with van der Waals surface area (Å²) in [5.74, 6) is 0.205. The third-order valence-corrected chi connectivity index (χ3v) is 3.96. The van der Waals surface area contributed by atoms with Crippen LogP contribution in [0.5, 0.6) is 0 Å². The number of aliphatic hydroxyl groups excluding tert-OH is 2. The molecule has 2 heterocycles. The van der Waals surface area contributed by atoms with Crippen molar-refractivity contribution in [2.45, 2.75) is 56.8 Å². The van der Waals surface area contributed by atoms with Crippen LogP contribution in [0, 0.1) is 5.92 Å². The lowest BCUT2D eigenvalue weighted by molar-refractivity contribution is -0.274. The van der Waals surface area contributed by atoms with Crippen LogP contribution in [0.2, 0.25) is 0 Å². The zero-order valence-electron chi connectivity index (χ0n) is 8.99. The summed E-state index contributed by atoms with van der Waals surface area (Å²) in [4.78, 5) is 0. The van der Waals surface area contributed by atoms with Gasteiger partial charge in [0.2, 0.25) is 0 Å². The fourth-order valence-corrected chi connectivity index (χ4v) is 3.24. The van der Waals surface area contributed by atoms with Crippen LogP contribution in [-0.4, -0.2) is 34.1 Å². The van der Waals surface area contributed by atoms with E-state index in [4.69, 9.17) is 9.84 Å². The first-order chi connectivity index (χ1) is 6.49. The lowest BCUT2D eigenvalue weighted by Crippen LogP contribution is -2.61. The van der Waals surface area contributed by atoms with Crippen molar-refractivity contribution < 1.29 is 14.9 Å². The maximum atomic E-state index is 9.97. The molecule has 0 spiro atoms. The molecule has 0 aromatic heterocycles. The Morgan fingerprint density at radius 3 is 2.64 bits per heavy atom. The van der Waals surface area contributed by atoms with E-state index in [9.17, 15) is 5.11 Å². The maximum absolute atomic E-state index is 9.97. The van der Waals surface area contributed by atoms with Gasteiger partial charge in [-0.15, -0.1) is 0 Å². The van der Waals surface area contributed by atoms with E-state index in [2.05, 4.69) is 6.92 Å². The van der Waals surface area contributed by atoms with E-state index in [-0.39, 0.29) is 29.8 Å². The molecule has 1 saturated carbocycles. The Morgan fingerprint density at radius 2 is 2.14 bits per heavy atom. The lowest BCUT2D eigenvalue weighted by Gasteiger charge is -2.57. The van der Waals surface area contributed by atoms with Gasteiger partial charge < -0.3 is 14.9 Å². The van der Waals surface area contributed by atoms with Gasteiger partial charge in [0, 0.05) is 18.9 Å². The van der Waals surface area contributed by atoms with Crippen LogP contribution in [0.4, 0.5) is 0 Å². The van der Waals surface area contributed by atoms with Crippen molar-refractivity contribution in [3.8, 4) is 0 Å². The van der Waals surface area contributed by atoms with Gasteiger partial charge >= 0.3 is 0 Å². The molecule has 3 aliphatic rings. The minimum atomic E-state index is -0.320. The van der Waals surface area contributed by atoms with Crippen LogP contribution in [-0.2, 0) is 4.74 Å². The predicted octanol–water partition coefficient (Wildman–Crippen LogP) is 1.08. The zero-order valence-corrected chi connectivity index (χ0v) is 8.99. The van der Waals surface area contributed by atoms with Crippen molar-refractivity contribution in [3.63, 3.8) is 0 Å². The highest BCUT2D eigenvalue weighted by Gasteiger charge is 2.54. The Morgan fingerprint density at radius 1 is 1.43 bits per heavy atom. The highest BCUT2D eigenvalue weighted by Crippen LogP contribution is 2.50. The molecular weight excluding hydrogens is 180 g/mol. The number of hydrogen-bond acceptors (Lipinski definition) is 3. The van der Waals surface area contributed by atoms with Crippen molar-refractivity contribution in [1.29, 1.82) is 0 Å². The summed E-state index contributed by atoms with van der Waals surface area (Å²) in [6.07, 6.45) is 3.19. The van der Waals surface area contributed by atoms with E-state index in [0.717, 1.165) is 19.3 Å². The first kappa shape index (κ1) is 10.4. The van der Waals surface area contributed by atoms with Gasteiger partial charge in [0.05, 0.1) is 17.3 Å².